The Kier molecular flexibility index (Phi) is 5.39. The monoisotopic (exact) mass is 384 g/mol. The molecule has 5 nitrogen and oxygen atoms in total. The second-order valence-electron chi connectivity index (χ2n) is 7.09. The summed E-state index contributed by atoms with van der Waals surface area (Å²) in [7, 11) is 0. The Balaban J connectivity index is 1.32. The van der Waals surface area contributed by atoms with E-state index in [1.54, 1.807) is 6.07 Å². The van der Waals surface area contributed by atoms with Crippen LogP contribution in [0.1, 0.15) is 12.8 Å². The summed E-state index contributed by atoms with van der Waals surface area (Å²) in [6.07, 6.45) is 2.58. The molecule has 0 spiro atoms. The largest absolute Gasteiger partial charge is 0.372 e. The molecule has 0 unspecified atom stereocenters. The van der Waals surface area contributed by atoms with Gasteiger partial charge in [-0.3, -0.25) is 0 Å². The first-order valence-electron chi connectivity index (χ1n) is 9.61. The van der Waals surface area contributed by atoms with Gasteiger partial charge in [-0.15, -0.1) is 0 Å². The lowest BCUT2D eigenvalue weighted by atomic mass is 10.2. The molecular weight excluding hydrogens is 360 g/mol. The molecule has 1 N–H and O–H groups in total. The summed E-state index contributed by atoms with van der Waals surface area (Å²) in [4.78, 5) is 19.1. The molecule has 0 saturated carbocycles. The molecule has 2 aliphatic rings. The van der Waals surface area contributed by atoms with Crippen molar-refractivity contribution in [2.75, 3.05) is 54.4 Å². The highest BCUT2D eigenvalue weighted by molar-refractivity contribution is 6.33. The van der Waals surface area contributed by atoms with Gasteiger partial charge in [-0.1, -0.05) is 23.7 Å². The number of urea groups is 1. The van der Waals surface area contributed by atoms with Crippen molar-refractivity contribution in [3.8, 4) is 0 Å². The fourth-order valence-electron chi connectivity index (χ4n) is 3.77. The topological polar surface area (TPSA) is 38.8 Å². The van der Waals surface area contributed by atoms with Crippen molar-refractivity contribution in [3.05, 3.63) is 53.6 Å². The van der Waals surface area contributed by atoms with E-state index in [0.717, 1.165) is 13.1 Å². The van der Waals surface area contributed by atoms with Crippen LogP contribution in [-0.4, -0.2) is 50.2 Å². The molecule has 0 bridgehead atoms. The van der Waals surface area contributed by atoms with E-state index in [-0.39, 0.29) is 6.03 Å². The molecule has 0 aliphatic carbocycles. The zero-order valence-corrected chi connectivity index (χ0v) is 16.2. The average molecular weight is 385 g/mol. The number of hydrogen-bond acceptors (Lipinski definition) is 3. The summed E-state index contributed by atoms with van der Waals surface area (Å²) in [5, 5.41) is 3.46. The maximum Gasteiger partial charge on any atom is 0.322 e. The predicted molar refractivity (Wildman–Crippen MR) is 112 cm³/mol. The van der Waals surface area contributed by atoms with E-state index in [1.165, 1.54) is 37.3 Å². The van der Waals surface area contributed by atoms with E-state index in [1.807, 2.05) is 23.1 Å². The van der Waals surface area contributed by atoms with Crippen LogP contribution in [0.3, 0.4) is 0 Å². The van der Waals surface area contributed by atoms with E-state index in [0.29, 0.717) is 23.8 Å². The average Bonchev–Trinajstić information content (AvgIpc) is 3.25. The van der Waals surface area contributed by atoms with Crippen LogP contribution < -0.4 is 15.1 Å². The first kappa shape index (κ1) is 18.0. The lowest BCUT2D eigenvalue weighted by molar-refractivity contribution is 0.208. The Morgan fingerprint density at radius 3 is 1.93 bits per heavy atom. The number of rotatable bonds is 3. The van der Waals surface area contributed by atoms with Crippen LogP contribution in [-0.2, 0) is 0 Å². The number of para-hydroxylation sites is 1. The molecule has 142 valence electrons. The first-order chi connectivity index (χ1) is 13.2. The van der Waals surface area contributed by atoms with Crippen LogP contribution in [0.25, 0.3) is 0 Å². The van der Waals surface area contributed by atoms with Gasteiger partial charge in [-0.2, -0.15) is 0 Å². The van der Waals surface area contributed by atoms with Gasteiger partial charge in [0.1, 0.15) is 0 Å². The number of halogens is 1. The summed E-state index contributed by atoms with van der Waals surface area (Å²) in [6.45, 7) is 5.39. The molecule has 2 fully saturated rings. The fraction of sp³-hybridized carbons (Fsp3) is 0.381. The highest BCUT2D eigenvalue weighted by Gasteiger charge is 2.22. The van der Waals surface area contributed by atoms with E-state index in [9.17, 15) is 4.79 Å². The molecule has 27 heavy (non-hydrogen) atoms. The smallest absolute Gasteiger partial charge is 0.322 e. The van der Waals surface area contributed by atoms with Gasteiger partial charge < -0.3 is 20.0 Å². The molecule has 2 heterocycles. The molecule has 2 aliphatic heterocycles. The molecule has 2 aromatic rings. The van der Waals surface area contributed by atoms with Crippen LogP contribution in [0.5, 0.6) is 0 Å². The van der Waals surface area contributed by atoms with E-state index < -0.39 is 0 Å². The molecule has 0 radical (unpaired) electrons. The fourth-order valence-corrected chi connectivity index (χ4v) is 3.96. The number of nitrogens with one attached hydrogen (secondary N) is 1. The predicted octanol–water partition coefficient (Wildman–Crippen LogP) is 4.29. The van der Waals surface area contributed by atoms with Crippen LogP contribution in [0.4, 0.5) is 21.9 Å². The third kappa shape index (κ3) is 4.14. The first-order valence-corrected chi connectivity index (χ1v) is 9.99. The number of benzene rings is 2. The van der Waals surface area contributed by atoms with Gasteiger partial charge in [0.25, 0.3) is 0 Å². The van der Waals surface area contributed by atoms with Crippen molar-refractivity contribution in [2.24, 2.45) is 0 Å². The van der Waals surface area contributed by atoms with E-state index in [4.69, 9.17) is 11.6 Å². The van der Waals surface area contributed by atoms with Crippen molar-refractivity contribution in [2.45, 2.75) is 12.8 Å². The Morgan fingerprint density at radius 1 is 0.778 bits per heavy atom. The van der Waals surface area contributed by atoms with Gasteiger partial charge in [0.05, 0.1) is 10.7 Å². The van der Waals surface area contributed by atoms with Crippen molar-refractivity contribution in [1.82, 2.24) is 4.90 Å². The van der Waals surface area contributed by atoms with Crippen LogP contribution in [0.2, 0.25) is 5.02 Å². The normalized spacial score (nSPS) is 17.3. The van der Waals surface area contributed by atoms with E-state index in [2.05, 4.69) is 39.4 Å². The Bertz CT molecular complexity index is 781. The van der Waals surface area contributed by atoms with Gasteiger partial charge >= 0.3 is 6.03 Å². The van der Waals surface area contributed by atoms with Crippen LogP contribution >= 0.6 is 11.6 Å². The number of carbonyl (C=O) groups is 1. The molecule has 6 heteroatoms. The minimum absolute atomic E-state index is 0.0906. The summed E-state index contributed by atoms with van der Waals surface area (Å²) in [5.41, 5.74) is 3.20. The number of hydrogen-bond donors (Lipinski definition) is 1. The lowest BCUT2D eigenvalue weighted by Gasteiger charge is -2.36. The van der Waals surface area contributed by atoms with Gasteiger partial charge in [0.2, 0.25) is 0 Å². The molecule has 0 atom stereocenters. The van der Waals surface area contributed by atoms with Gasteiger partial charge in [-0.25, -0.2) is 4.79 Å². The zero-order chi connectivity index (χ0) is 18.6. The standard InChI is InChI=1S/C21H25ClN4O/c22-19-5-1-2-6-20(19)23-21(27)26-15-13-25(14-16-26)18-9-7-17(8-10-18)24-11-3-4-12-24/h1-2,5-10H,3-4,11-16H2,(H,23,27). The maximum absolute atomic E-state index is 12.5. The zero-order valence-electron chi connectivity index (χ0n) is 15.4. The lowest BCUT2D eigenvalue weighted by Crippen LogP contribution is -2.50. The highest BCUT2D eigenvalue weighted by atomic mass is 35.5. The van der Waals surface area contributed by atoms with Crippen LogP contribution in [0, 0.1) is 0 Å². The number of piperazine rings is 1. The van der Waals surface area contributed by atoms with Crippen LogP contribution in [0.15, 0.2) is 48.5 Å². The summed E-state index contributed by atoms with van der Waals surface area (Å²) in [5.74, 6) is 0. The number of nitrogens with zero attached hydrogens (tertiary/aromatic N) is 3. The Hall–Kier alpha value is -2.40. The molecule has 0 aromatic heterocycles. The summed E-state index contributed by atoms with van der Waals surface area (Å²) >= 11 is 6.13. The highest BCUT2D eigenvalue weighted by Crippen LogP contribution is 2.25. The third-order valence-electron chi connectivity index (χ3n) is 5.37. The minimum atomic E-state index is -0.0906. The second-order valence-corrected chi connectivity index (χ2v) is 7.50. The summed E-state index contributed by atoms with van der Waals surface area (Å²) in [6, 6.07) is 16.1. The SMILES string of the molecule is O=C(Nc1ccccc1Cl)N1CCN(c2ccc(N3CCCC3)cc2)CC1. The maximum atomic E-state index is 12.5. The minimum Gasteiger partial charge on any atom is -0.372 e. The number of carbonyl (C=O) groups excluding carboxylic acids is 1. The summed E-state index contributed by atoms with van der Waals surface area (Å²) < 4.78 is 0. The Morgan fingerprint density at radius 2 is 1.33 bits per heavy atom. The molecule has 2 aromatic carbocycles. The van der Waals surface area contributed by atoms with E-state index >= 15 is 0 Å². The number of anilines is 3. The van der Waals surface area contributed by atoms with Crippen molar-refractivity contribution < 1.29 is 4.79 Å². The van der Waals surface area contributed by atoms with Gasteiger partial charge in [0.15, 0.2) is 0 Å². The van der Waals surface area contributed by atoms with Gasteiger partial charge in [-0.05, 0) is 49.2 Å². The Labute approximate surface area is 165 Å². The van der Waals surface area contributed by atoms with Crippen molar-refractivity contribution in [1.29, 1.82) is 0 Å². The van der Waals surface area contributed by atoms with Crippen molar-refractivity contribution >= 4 is 34.7 Å². The molecular formula is C21H25ClN4O. The van der Waals surface area contributed by atoms with Gasteiger partial charge in [0, 0.05) is 50.6 Å². The molecule has 2 saturated heterocycles. The number of amides is 2. The quantitative estimate of drug-likeness (QED) is 0.857. The van der Waals surface area contributed by atoms with Crippen molar-refractivity contribution in [3.63, 3.8) is 0 Å². The molecule has 2 amide bonds. The third-order valence-corrected chi connectivity index (χ3v) is 5.70. The second kappa shape index (κ2) is 8.09. The molecule has 4 rings (SSSR count).